The topological polar surface area (TPSA) is 96.9 Å². The molecule has 0 saturated carbocycles. The van der Waals surface area contributed by atoms with E-state index in [0.717, 1.165) is 11.3 Å². The average molecular weight is 312 g/mol. The lowest BCUT2D eigenvalue weighted by Gasteiger charge is -2.04. The van der Waals surface area contributed by atoms with E-state index in [1.54, 1.807) is 36.3 Å². The van der Waals surface area contributed by atoms with Gasteiger partial charge in [0.15, 0.2) is 5.82 Å². The Labute approximate surface area is 132 Å². The third kappa shape index (κ3) is 3.88. The van der Waals surface area contributed by atoms with Gasteiger partial charge in [0.25, 0.3) is 0 Å². The number of methoxy groups -OCH3 is 1. The monoisotopic (exact) mass is 312 g/mol. The molecule has 0 aliphatic heterocycles. The number of amides is 2. The summed E-state index contributed by atoms with van der Waals surface area (Å²) in [6.45, 7) is 0.605. The molecule has 0 unspecified atom stereocenters. The summed E-state index contributed by atoms with van der Waals surface area (Å²) in [4.78, 5) is 11.8. The summed E-state index contributed by atoms with van der Waals surface area (Å²) in [5, 5.41) is 16.0. The van der Waals surface area contributed by atoms with E-state index in [-0.39, 0.29) is 6.03 Å². The van der Waals surface area contributed by atoms with Crippen molar-refractivity contribution in [1.82, 2.24) is 20.0 Å². The smallest absolute Gasteiger partial charge is 0.326 e. The molecule has 0 atom stereocenters. The van der Waals surface area contributed by atoms with Crippen molar-refractivity contribution < 1.29 is 9.53 Å². The first-order valence-corrected chi connectivity index (χ1v) is 6.97. The summed E-state index contributed by atoms with van der Waals surface area (Å²) < 4.78 is 6.87. The van der Waals surface area contributed by atoms with E-state index in [1.807, 2.05) is 24.3 Å². The van der Waals surface area contributed by atoms with Crippen LogP contribution in [0.1, 0.15) is 5.56 Å². The summed E-state index contributed by atoms with van der Waals surface area (Å²) in [7, 11) is 1.63. The van der Waals surface area contributed by atoms with Gasteiger partial charge in [0.05, 0.1) is 19.9 Å². The van der Waals surface area contributed by atoms with Gasteiger partial charge in [-0.15, -0.1) is 0 Å². The standard InChI is InChI=1S/C15H16N6O2/c1-23-12-4-2-11(3-5-12)10-21-9-7-14(20-21)18-15(22)17-13-6-8-16-19-13/h2-9H,10H2,1H3,(H3,16,17,18,19,20,22). The lowest BCUT2D eigenvalue weighted by Crippen LogP contribution is -2.20. The largest absolute Gasteiger partial charge is 0.497 e. The van der Waals surface area contributed by atoms with Gasteiger partial charge in [-0.1, -0.05) is 12.1 Å². The number of H-pyrrole nitrogens is 1. The maximum absolute atomic E-state index is 11.8. The molecule has 0 aliphatic carbocycles. The van der Waals surface area contributed by atoms with Crippen molar-refractivity contribution in [2.75, 3.05) is 17.7 Å². The van der Waals surface area contributed by atoms with Crippen LogP contribution in [0, 0.1) is 0 Å². The highest BCUT2D eigenvalue weighted by Crippen LogP contribution is 2.13. The van der Waals surface area contributed by atoms with Gasteiger partial charge in [-0.2, -0.15) is 10.2 Å². The number of hydrogen-bond acceptors (Lipinski definition) is 4. The minimum absolute atomic E-state index is 0.385. The molecule has 23 heavy (non-hydrogen) atoms. The molecule has 0 spiro atoms. The highest BCUT2D eigenvalue weighted by molar-refractivity contribution is 5.98. The second kappa shape index (κ2) is 6.65. The molecule has 118 valence electrons. The molecule has 2 aromatic heterocycles. The number of anilines is 2. The summed E-state index contributed by atoms with van der Waals surface area (Å²) in [5.41, 5.74) is 1.09. The summed E-state index contributed by atoms with van der Waals surface area (Å²) in [6.07, 6.45) is 3.36. The van der Waals surface area contributed by atoms with E-state index in [0.29, 0.717) is 18.2 Å². The van der Waals surface area contributed by atoms with Crippen molar-refractivity contribution in [3.8, 4) is 5.75 Å². The van der Waals surface area contributed by atoms with Crippen LogP contribution in [0.3, 0.4) is 0 Å². The van der Waals surface area contributed by atoms with E-state index < -0.39 is 0 Å². The van der Waals surface area contributed by atoms with Crippen molar-refractivity contribution in [3.63, 3.8) is 0 Å². The maximum atomic E-state index is 11.8. The Kier molecular flexibility index (Phi) is 4.23. The van der Waals surface area contributed by atoms with Crippen molar-refractivity contribution in [1.29, 1.82) is 0 Å². The summed E-state index contributed by atoms with van der Waals surface area (Å²) in [5.74, 6) is 1.79. The predicted molar refractivity (Wildman–Crippen MR) is 85.6 cm³/mol. The molecule has 0 saturated heterocycles. The van der Waals surface area contributed by atoms with Gasteiger partial charge >= 0.3 is 6.03 Å². The fourth-order valence-electron chi connectivity index (χ4n) is 2.03. The molecule has 3 rings (SSSR count). The van der Waals surface area contributed by atoms with Crippen LogP contribution in [0.25, 0.3) is 0 Å². The first-order chi connectivity index (χ1) is 11.2. The highest BCUT2D eigenvalue weighted by Gasteiger charge is 2.06. The van der Waals surface area contributed by atoms with Crippen molar-refractivity contribution in [2.45, 2.75) is 6.54 Å². The number of aromatic nitrogens is 4. The Morgan fingerprint density at radius 3 is 2.74 bits per heavy atom. The fraction of sp³-hybridized carbons (Fsp3) is 0.133. The third-order valence-corrected chi connectivity index (χ3v) is 3.13. The van der Waals surface area contributed by atoms with Gasteiger partial charge in [0.1, 0.15) is 11.6 Å². The average Bonchev–Trinajstić information content (AvgIpc) is 3.20. The van der Waals surface area contributed by atoms with Crippen LogP contribution in [-0.2, 0) is 6.54 Å². The fourth-order valence-corrected chi connectivity index (χ4v) is 2.03. The first-order valence-electron chi connectivity index (χ1n) is 6.97. The number of carbonyl (C=O) groups excluding carboxylic acids is 1. The Hall–Kier alpha value is -3.29. The van der Waals surface area contributed by atoms with Crippen molar-refractivity contribution >= 4 is 17.7 Å². The summed E-state index contributed by atoms with van der Waals surface area (Å²) in [6, 6.07) is 10.7. The van der Waals surface area contributed by atoms with Crippen LogP contribution in [-0.4, -0.2) is 33.1 Å². The van der Waals surface area contributed by atoms with Gasteiger partial charge in [-0.25, -0.2) is 4.79 Å². The predicted octanol–water partition coefficient (Wildman–Crippen LogP) is 2.31. The lowest BCUT2D eigenvalue weighted by molar-refractivity contribution is 0.262. The molecule has 0 fully saturated rings. The number of nitrogens with zero attached hydrogens (tertiary/aromatic N) is 3. The van der Waals surface area contributed by atoms with Crippen LogP contribution in [0.5, 0.6) is 5.75 Å². The molecule has 2 amide bonds. The number of hydrogen-bond donors (Lipinski definition) is 3. The van der Waals surface area contributed by atoms with Crippen molar-refractivity contribution in [2.24, 2.45) is 0 Å². The Balaban J connectivity index is 1.57. The third-order valence-electron chi connectivity index (χ3n) is 3.13. The SMILES string of the molecule is COc1ccc(Cn2ccc(NC(=O)Nc3ccn[nH]3)n2)cc1. The lowest BCUT2D eigenvalue weighted by atomic mass is 10.2. The van der Waals surface area contributed by atoms with Crippen LogP contribution >= 0.6 is 0 Å². The quantitative estimate of drug-likeness (QED) is 0.673. The van der Waals surface area contributed by atoms with Gasteiger partial charge in [0.2, 0.25) is 0 Å². The molecule has 8 heteroatoms. The zero-order valence-electron chi connectivity index (χ0n) is 12.5. The first kappa shape index (κ1) is 14.6. The number of urea groups is 1. The van der Waals surface area contributed by atoms with Gasteiger partial charge in [0, 0.05) is 18.3 Å². The molecule has 0 aliphatic rings. The number of benzene rings is 1. The van der Waals surface area contributed by atoms with Crippen LogP contribution in [0.2, 0.25) is 0 Å². The normalized spacial score (nSPS) is 10.3. The Morgan fingerprint density at radius 1 is 1.22 bits per heavy atom. The number of rotatable bonds is 5. The van der Waals surface area contributed by atoms with Gasteiger partial charge in [-0.05, 0) is 17.7 Å². The minimum Gasteiger partial charge on any atom is -0.497 e. The van der Waals surface area contributed by atoms with E-state index >= 15 is 0 Å². The Bertz CT molecular complexity index is 764. The second-order valence-electron chi connectivity index (χ2n) is 4.80. The number of carbonyl (C=O) groups is 1. The van der Waals surface area contributed by atoms with Crippen LogP contribution in [0.4, 0.5) is 16.4 Å². The molecule has 0 bridgehead atoms. The molecule has 3 aromatic rings. The van der Waals surface area contributed by atoms with Crippen LogP contribution in [0.15, 0.2) is 48.8 Å². The second-order valence-corrected chi connectivity index (χ2v) is 4.80. The molecular formula is C15H16N6O2. The number of aromatic amines is 1. The van der Waals surface area contributed by atoms with Gasteiger partial charge in [-0.3, -0.25) is 20.4 Å². The summed E-state index contributed by atoms with van der Waals surface area (Å²) >= 11 is 0. The van der Waals surface area contributed by atoms with Gasteiger partial charge < -0.3 is 4.74 Å². The van der Waals surface area contributed by atoms with E-state index in [4.69, 9.17) is 4.74 Å². The number of ether oxygens (including phenoxy) is 1. The zero-order valence-corrected chi connectivity index (χ0v) is 12.5. The van der Waals surface area contributed by atoms with E-state index in [2.05, 4.69) is 25.9 Å². The van der Waals surface area contributed by atoms with E-state index in [9.17, 15) is 4.79 Å². The maximum Gasteiger partial charge on any atom is 0.326 e. The molecule has 0 radical (unpaired) electrons. The molecule has 2 heterocycles. The molecule has 3 N–H and O–H groups in total. The van der Waals surface area contributed by atoms with E-state index in [1.165, 1.54) is 0 Å². The highest BCUT2D eigenvalue weighted by atomic mass is 16.5. The molecule has 8 nitrogen and oxygen atoms in total. The minimum atomic E-state index is -0.385. The molecule has 1 aromatic carbocycles. The Morgan fingerprint density at radius 2 is 2.04 bits per heavy atom. The van der Waals surface area contributed by atoms with Crippen LogP contribution < -0.4 is 15.4 Å². The van der Waals surface area contributed by atoms with Crippen molar-refractivity contribution in [3.05, 3.63) is 54.4 Å². The molecular weight excluding hydrogens is 296 g/mol. The zero-order chi connectivity index (χ0) is 16.1. The number of nitrogens with one attached hydrogen (secondary N) is 3.